The summed E-state index contributed by atoms with van der Waals surface area (Å²) in [7, 11) is 1.55. The molecule has 15 nitrogen and oxygen atoms in total. The van der Waals surface area contributed by atoms with Crippen molar-refractivity contribution in [2.24, 2.45) is 5.10 Å². The molecular weight excluding hydrogens is 843 g/mol. The number of thiazole rings is 1. The topological polar surface area (TPSA) is 179 Å². The predicted molar refractivity (Wildman–Crippen MR) is 242 cm³/mol. The van der Waals surface area contributed by atoms with Crippen molar-refractivity contribution >= 4 is 56.8 Å². The highest BCUT2D eigenvalue weighted by Crippen LogP contribution is 2.28. The van der Waals surface area contributed by atoms with E-state index >= 15 is 0 Å². The van der Waals surface area contributed by atoms with E-state index < -0.39 is 30.0 Å². The third-order valence-corrected chi connectivity index (χ3v) is 9.95. The number of hydrogen-bond acceptors (Lipinski definition) is 16. The Morgan fingerprint density at radius 3 is 2.19 bits per heavy atom. The van der Waals surface area contributed by atoms with Gasteiger partial charge in [0.25, 0.3) is 0 Å². The number of esters is 4. The molecule has 0 bridgehead atoms. The highest BCUT2D eigenvalue weighted by molar-refractivity contribution is 7.22. The highest BCUT2D eigenvalue weighted by atomic mass is 32.1. The molecule has 5 rings (SSSR count). The lowest BCUT2D eigenvalue weighted by atomic mass is 10.1. The number of hydrogen-bond donors (Lipinski definition) is 1. The Morgan fingerprint density at radius 1 is 0.797 bits per heavy atom. The normalized spacial score (nSPS) is 11.6. The summed E-state index contributed by atoms with van der Waals surface area (Å²) in [5, 5.41) is 4.88. The number of unbranched alkanes of at least 4 members (excludes halogenated alkanes) is 1. The van der Waals surface area contributed by atoms with E-state index in [0.717, 1.165) is 22.4 Å². The number of aromatic nitrogens is 1. The molecule has 0 spiro atoms. The van der Waals surface area contributed by atoms with Crippen molar-refractivity contribution in [3.8, 4) is 23.0 Å². The van der Waals surface area contributed by atoms with Gasteiger partial charge >= 0.3 is 23.9 Å². The van der Waals surface area contributed by atoms with Crippen LogP contribution in [0.15, 0.2) is 127 Å². The van der Waals surface area contributed by atoms with Gasteiger partial charge in [0, 0.05) is 30.7 Å². The third kappa shape index (κ3) is 15.0. The van der Waals surface area contributed by atoms with Crippen molar-refractivity contribution in [1.82, 2.24) is 4.98 Å². The number of para-hydroxylation sites is 1. The van der Waals surface area contributed by atoms with E-state index in [2.05, 4.69) is 28.7 Å². The van der Waals surface area contributed by atoms with Crippen LogP contribution >= 0.6 is 11.3 Å². The first kappa shape index (κ1) is 47.7. The second kappa shape index (κ2) is 25.0. The van der Waals surface area contributed by atoms with Gasteiger partial charge in [-0.15, -0.1) is 0 Å². The second-order valence-electron chi connectivity index (χ2n) is 13.6. The summed E-state index contributed by atoms with van der Waals surface area (Å²) in [5.74, 6) is -0.187. The van der Waals surface area contributed by atoms with E-state index in [9.17, 15) is 19.2 Å². The smallest absolute Gasteiger partial charge is 0.343 e. The van der Waals surface area contributed by atoms with Gasteiger partial charge in [0.05, 0.1) is 60.2 Å². The number of carbonyl (C=O) groups is 4. The number of aryl methyl sites for hydroxylation is 1. The zero-order chi connectivity index (χ0) is 45.7. The summed E-state index contributed by atoms with van der Waals surface area (Å²) < 4.78 is 46.0. The fraction of sp³-hybridized carbons (Fsp3) is 0.250. The van der Waals surface area contributed by atoms with Crippen molar-refractivity contribution < 1.29 is 57.1 Å². The number of nitrogens with one attached hydrogen (secondary N) is 1. The summed E-state index contributed by atoms with van der Waals surface area (Å²) >= 11 is 1.42. The maximum Gasteiger partial charge on any atom is 0.343 e. The average molecular weight is 892 g/mol. The number of hydrazone groups is 1. The molecular formula is C48H49N3O12S. The first-order valence-electron chi connectivity index (χ1n) is 20.2. The van der Waals surface area contributed by atoms with E-state index in [0.29, 0.717) is 65.1 Å². The molecule has 1 unspecified atom stereocenters. The van der Waals surface area contributed by atoms with Crippen LogP contribution in [-0.2, 0) is 28.5 Å². The Morgan fingerprint density at radius 2 is 1.47 bits per heavy atom. The van der Waals surface area contributed by atoms with Gasteiger partial charge in [-0.25, -0.2) is 24.2 Å². The summed E-state index contributed by atoms with van der Waals surface area (Å²) in [6.07, 6.45) is 6.40. The molecule has 4 aromatic carbocycles. The van der Waals surface area contributed by atoms with Crippen LogP contribution < -0.4 is 24.4 Å². The SMILES string of the molecule is C=CC(=O)OCCCCOCC(COc1ccc(C(=O)Oc2ccc(C(=O)Oc3ccc(OC)cc3C)cc2/C=N/Nc2nc3ccccc3s2)cc1)OC(=CC)CCOC(=O)C=C. The van der Waals surface area contributed by atoms with Crippen molar-refractivity contribution in [3.63, 3.8) is 0 Å². The molecule has 1 heterocycles. The maximum absolute atomic E-state index is 13.5. The first-order chi connectivity index (χ1) is 31.1. The minimum Gasteiger partial charge on any atom is -0.497 e. The van der Waals surface area contributed by atoms with Crippen LogP contribution in [0.3, 0.4) is 0 Å². The van der Waals surface area contributed by atoms with Crippen molar-refractivity contribution in [2.75, 3.05) is 45.6 Å². The van der Waals surface area contributed by atoms with Gasteiger partial charge in [0.1, 0.15) is 29.6 Å². The molecule has 16 heteroatoms. The lowest BCUT2D eigenvalue weighted by Crippen LogP contribution is -2.28. The molecule has 0 aliphatic carbocycles. The van der Waals surface area contributed by atoms with Crippen LogP contribution in [0.2, 0.25) is 0 Å². The lowest BCUT2D eigenvalue weighted by Gasteiger charge is -2.22. The average Bonchev–Trinajstić information content (AvgIpc) is 3.73. The van der Waals surface area contributed by atoms with E-state index in [1.165, 1.54) is 35.8 Å². The molecule has 1 aromatic heterocycles. The van der Waals surface area contributed by atoms with Gasteiger partial charge in [-0.2, -0.15) is 5.10 Å². The monoisotopic (exact) mass is 891 g/mol. The molecule has 0 amide bonds. The van der Waals surface area contributed by atoms with E-state index in [4.69, 9.17) is 37.9 Å². The van der Waals surface area contributed by atoms with Gasteiger partial charge in [-0.3, -0.25) is 5.43 Å². The minimum atomic E-state index is -0.673. The van der Waals surface area contributed by atoms with E-state index in [1.54, 1.807) is 69.5 Å². The lowest BCUT2D eigenvalue weighted by molar-refractivity contribution is -0.138. The van der Waals surface area contributed by atoms with Crippen LogP contribution in [-0.4, -0.2) is 81.3 Å². The molecule has 64 heavy (non-hydrogen) atoms. The number of carbonyl (C=O) groups excluding carboxylic acids is 4. The van der Waals surface area contributed by atoms with Crippen LogP contribution in [0.1, 0.15) is 58.0 Å². The molecule has 0 fully saturated rings. The van der Waals surface area contributed by atoms with Crippen molar-refractivity contribution in [2.45, 2.75) is 39.2 Å². The van der Waals surface area contributed by atoms with Crippen LogP contribution in [0.25, 0.3) is 10.2 Å². The number of benzene rings is 4. The Bertz CT molecular complexity index is 2430. The molecule has 1 atom stereocenters. The number of rotatable bonds is 25. The van der Waals surface area contributed by atoms with Gasteiger partial charge in [0.2, 0.25) is 5.13 Å². The highest BCUT2D eigenvalue weighted by Gasteiger charge is 2.18. The van der Waals surface area contributed by atoms with Gasteiger partial charge in [-0.1, -0.05) is 36.6 Å². The quantitative estimate of drug-likeness (QED) is 0.0112. The number of allylic oxidation sites excluding steroid dienone is 1. The summed E-state index contributed by atoms with van der Waals surface area (Å²) in [6.45, 7) is 11.4. The van der Waals surface area contributed by atoms with Crippen molar-refractivity contribution in [3.05, 3.63) is 144 Å². The van der Waals surface area contributed by atoms with Crippen LogP contribution in [0.4, 0.5) is 5.13 Å². The Balaban J connectivity index is 1.25. The van der Waals surface area contributed by atoms with Gasteiger partial charge in [-0.05, 0) is 111 Å². The number of nitrogens with zero attached hydrogens (tertiary/aromatic N) is 2. The number of anilines is 1. The Kier molecular flexibility index (Phi) is 18.6. The molecule has 1 N–H and O–H groups in total. The maximum atomic E-state index is 13.5. The zero-order valence-electron chi connectivity index (χ0n) is 35.7. The standard InChI is InChI=1S/C48H49N3O12S/c1-6-36(23-26-59-45(53)8-3)61-39(30-57-24-11-12-25-58-44(52)7-2)31-60-37-18-15-33(16-19-37)46(54)63-42-21-17-34(47(55)62-41-22-20-38(56-5)27-32(41)4)28-35(42)29-49-51-48-50-40-13-9-10-14-43(40)64-48/h6-10,13-22,27-29,39H,2-3,11-12,23-26,30-31H2,1,4-5H3,(H,50,51)/b36-6?,49-29+. The Hall–Kier alpha value is -7.30. The summed E-state index contributed by atoms with van der Waals surface area (Å²) in [6, 6.07) is 23.6. The predicted octanol–water partition coefficient (Wildman–Crippen LogP) is 8.81. The second-order valence-corrected chi connectivity index (χ2v) is 14.7. The number of methoxy groups -OCH3 is 1. The summed E-state index contributed by atoms with van der Waals surface area (Å²) in [5.41, 5.74) is 5.16. The molecule has 5 aromatic rings. The Labute approximate surface area is 374 Å². The molecule has 334 valence electrons. The largest absolute Gasteiger partial charge is 0.497 e. The van der Waals surface area contributed by atoms with E-state index in [1.807, 2.05) is 24.3 Å². The molecule has 0 radical (unpaired) electrons. The van der Waals surface area contributed by atoms with Crippen LogP contribution in [0, 0.1) is 6.92 Å². The fourth-order valence-corrected chi connectivity index (χ4v) is 6.48. The zero-order valence-corrected chi connectivity index (χ0v) is 36.6. The molecule has 0 aliphatic rings. The number of ether oxygens (including phenoxy) is 8. The first-order valence-corrected chi connectivity index (χ1v) is 21.0. The molecule has 0 saturated heterocycles. The van der Waals surface area contributed by atoms with Gasteiger partial charge in [0.15, 0.2) is 6.10 Å². The van der Waals surface area contributed by atoms with E-state index in [-0.39, 0.29) is 43.3 Å². The molecule has 0 saturated carbocycles. The summed E-state index contributed by atoms with van der Waals surface area (Å²) in [4.78, 5) is 54.2. The third-order valence-electron chi connectivity index (χ3n) is 9.01. The van der Waals surface area contributed by atoms with Crippen molar-refractivity contribution in [1.29, 1.82) is 0 Å². The fourth-order valence-electron chi connectivity index (χ4n) is 5.67. The van der Waals surface area contributed by atoms with Gasteiger partial charge < -0.3 is 37.9 Å². The molecule has 0 aliphatic heterocycles. The number of fused-ring (bicyclic) bond motifs is 1. The minimum absolute atomic E-state index is 0.0745. The van der Waals surface area contributed by atoms with Crippen LogP contribution in [0.5, 0.6) is 23.0 Å².